The Kier molecular flexibility index (Phi) is 5.88. The molecule has 0 N–H and O–H groups in total. The van der Waals surface area contributed by atoms with Crippen molar-refractivity contribution in [2.75, 3.05) is 40.4 Å². The third kappa shape index (κ3) is 3.73. The smallest absolute Gasteiger partial charge is 0.276 e. The Morgan fingerprint density at radius 1 is 1.35 bits per heavy atom. The molecule has 0 bridgehead atoms. The molecule has 1 amide bonds. The van der Waals surface area contributed by atoms with E-state index in [9.17, 15) is 4.79 Å². The molecule has 2 aromatic rings. The van der Waals surface area contributed by atoms with E-state index in [1.54, 1.807) is 31.6 Å². The van der Waals surface area contributed by atoms with Crippen LogP contribution in [0.1, 0.15) is 48.8 Å². The quantitative estimate of drug-likeness (QED) is 0.790. The SMILES string of the molecule is COCCN(C)C(=O)c1ncn2c(C3CCN(C(C)C)CC3)ccnc12. The summed E-state index contributed by atoms with van der Waals surface area (Å²) in [5, 5.41) is 0. The highest BCUT2D eigenvalue weighted by Crippen LogP contribution is 2.29. The summed E-state index contributed by atoms with van der Waals surface area (Å²) >= 11 is 0. The lowest BCUT2D eigenvalue weighted by molar-refractivity contribution is 0.0741. The molecule has 1 fully saturated rings. The van der Waals surface area contributed by atoms with Gasteiger partial charge >= 0.3 is 0 Å². The number of amides is 1. The first-order valence-electron chi connectivity index (χ1n) is 9.33. The van der Waals surface area contributed by atoms with Gasteiger partial charge in [-0.15, -0.1) is 0 Å². The lowest BCUT2D eigenvalue weighted by Crippen LogP contribution is -2.38. The molecule has 0 saturated carbocycles. The molecule has 0 radical (unpaired) electrons. The highest BCUT2D eigenvalue weighted by atomic mass is 16.5. The number of ether oxygens (including phenoxy) is 1. The Labute approximate surface area is 155 Å². The maximum atomic E-state index is 12.7. The zero-order valence-corrected chi connectivity index (χ0v) is 16.2. The Balaban J connectivity index is 1.82. The molecule has 1 aliphatic heterocycles. The zero-order valence-electron chi connectivity index (χ0n) is 16.2. The normalized spacial score (nSPS) is 16.5. The van der Waals surface area contributed by atoms with Gasteiger partial charge in [-0.05, 0) is 45.8 Å². The fourth-order valence-corrected chi connectivity index (χ4v) is 3.62. The molecule has 2 aromatic heterocycles. The van der Waals surface area contributed by atoms with Crippen LogP contribution in [0.3, 0.4) is 0 Å². The van der Waals surface area contributed by atoms with E-state index in [2.05, 4.69) is 34.8 Å². The van der Waals surface area contributed by atoms with E-state index in [4.69, 9.17) is 4.74 Å². The highest BCUT2D eigenvalue weighted by Gasteiger charge is 2.25. The van der Waals surface area contributed by atoms with Crippen LogP contribution in [0.25, 0.3) is 5.65 Å². The molecule has 3 rings (SSSR count). The summed E-state index contributed by atoms with van der Waals surface area (Å²) in [5.74, 6) is 0.350. The van der Waals surface area contributed by atoms with Crippen molar-refractivity contribution in [1.82, 2.24) is 24.2 Å². The predicted octanol–water partition coefficient (Wildman–Crippen LogP) is 2.04. The van der Waals surface area contributed by atoms with E-state index in [1.807, 2.05) is 4.40 Å². The lowest BCUT2D eigenvalue weighted by atomic mass is 9.92. The van der Waals surface area contributed by atoms with Crippen molar-refractivity contribution in [2.45, 2.75) is 38.6 Å². The Morgan fingerprint density at radius 2 is 2.08 bits per heavy atom. The average molecular weight is 359 g/mol. The van der Waals surface area contributed by atoms with E-state index in [0.29, 0.717) is 36.5 Å². The van der Waals surface area contributed by atoms with E-state index in [-0.39, 0.29) is 5.91 Å². The number of rotatable bonds is 6. The van der Waals surface area contributed by atoms with Crippen molar-refractivity contribution in [1.29, 1.82) is 0 Å². The summed E-state index contributed by atoms with van der Waals surface area (Å²) in [4.78, 5) is 25.6. The number of fused-ring (bicyclic) bond motifs is 1. The van der Waals surface area contributed by atoms with Gasteiger partial charge in [0.2, 0.25) is 0 Å². The molecule has 7 heteroatoms. The number of imidazole rings is 1. The summed E-state index contributed by atoms with van der Waals surface area (Å²) < 4.78 is 7.05. The number of likely N-dealkylation sites (N-methyl/N-ethyl adjacent to an activating group) is 1. The second-order valence-electron chi connectivity index (χ2n) is 7.28. The minimum atomic E-state index is -0.121. The molecule has 0 unspecified atom stereocenters. The molecule has 7 nitrogen and oxygen atoms in total. The number of carbonyl (C=O) groups is 1. The van der Waals surface area contributed by atoms with E-state index in [1.165, 1.54) is 5.69 Å². The van der Waals surface area contributed by atoms with Gasteiger partial charge in [0.05, 0.1) is 6.61 Å². The number of likely N-dealkylation sites (tertiary alicyclic amines) is 1. The number of piperidine rings is 1. The standard InChI is InChI=1S/C19H29N5O2/c1-14(2)23-9-6-15(7-10-23)16-5-8-20-18-17(21-13-24(16)18)19(25)22(3)11-12-26-4/h5,8,13-15H,6-7,9-12H2,1-4H3. The highest BCUT2D eigenvalue weighted by molar-refractivity contribution is 5.97. The van der Waals surface area contributed by atoms with E-state index < -0.39 is 0 Å². The second kappa shape index (κ2) is 8.14. The topological polar surface area (TPSA) is 63.0 Å². The predicted molar refractivity (Wildman–Crippen MR) is 101 cm³/mol. The van der Waals surface area contributed by atoms with Crippen LogP contribution in [0.4, 0.5) is 0 Å². The van der Waals surface area contributed by atoms with Crippen LogP contribution in [0.5, 0.6) is 0 Å². The van der Waals surface area contributed by atoms with Crippen molar-refractivity contribution in [3.05, 3.63) is 30.0 Å². The van der Waals surface area contributed by atoms with E-state index >= 15 is 0 Å². The average Bonchev–Trinajstić information content (AvgIpc) is 3.09. The van der Waals surface area contributed by atoms with Crippen LogP contribution in [-0.2, 0) is 4.74 Å². The van der Waals surface area contributed by atoms with Gasteiger partial charge in [0.1, 0.15) is 6.33 Å². The van der Waals surface area contributed by atoms with Gasteiger partial charge in [-0.2, -0.15) is 0 Å². The van der Waals surface area contributed by atoms with Gasteiger partial charge in [0.25, 0.3) is 5.91 Å². The van der Waals surface area contributed by atoms with Crippen LogP contribution in [0.15, 0.2) is 18.6 Å². The fraction of sp³-hybridized carbons (Fsp3) is 0.632. The fourth-order valence-electron chi connectivity index (χ4n) is 3.62. The maximum Gasteiger partial charge on any atom is 0.276 e. The maximum absolute atomic E-state index is 12.7. The molecule has 3 heterocycles. The first-order valence-corrected chi connectivity index (χ1v) is 9.33. The van der Waals surface area contributed by atoms with Crippen LogP contribution >= 0.6 is 0 Å². The summed E-state index contributed by atoms with van der Waals surface area (Å²) in [6, 6.07) is 2.65. The largest absolute Gasteiger partial charge is 0.383 e. The first kappa shape index (κ1) is 18.8. The summed E-state index contributed by atoms with van der Waals surface area (Å²) in [7, 11) is 3.39. The number of carbonyl (C=O) groups excluding carboxylic acids is 1. The Bertz CT molecular complexity index is 749. The summed E-state index contributed by atoms with van der Waals surface area (Å²) in [5.41, 5.74) is 2.25. The number of aromatic nitrogens is 3. The molecule has 26 heavy (non-hydrogen) atoms. The molecule has 1 aliphatic rings. The van der Waals surface area contributed by atoms with Crippen LogP contribution in [0.2, 0.25) is 0 Å². The van der Waals surface area contributed by atoms with Crippen molar-refractivity contribution >= 4 is 11.6 Å². The molecular formula is C19H29N5O2. The molecular weight excluding hydrogens is 330 g/mol. The molecule has 0 aromatic carbocycles. The second-order valence-corrected chi connectivity index (χ2v) is 7.28. The number of hydrogen-bond acceptors (Lipinski definition) is 5. The van der Waals surface area contributed by atoms with Crippen LogP contribution < -0.4 is 0 Å². The van der Waals surface area contributed by atoms with Crippen molar-refractivity contribution in [3.63, 3.8) is 0 Å². The van der Waals surface area contributed by atoms with Gasteiger partial charge in [-0.1, -0.05) is 0 Å². The van der Waals surface area contributed by atoms with Crippen molar-refractivity contribution < 1.29 is 9.53 Å². The Morgan fingerprint density at radius 3 is 2.73 bits per heavy atom. The van der Waals surface area contributed by atoms with Gasteiger partial charge in [0.15, 0.2) is 11.3 Å². The number of hydrogen-bond donors (Lipinski definition) is 0. The van der Waals surface area contributed by atoms with Crippen LogP contribution in [-0.4, -0.2) is 76.5 Å². The summed E-state index contributed by atoms with van der Waals surface area (Å²) in [6.07, 6.45) is 5.77. The van der Waals surface area contributed by atoms with Crippen molar-refractivity contribution in [2.24, 2.45) is 0 Å². The first-order chi connectivity index (χ1) is 12.5. The van der Waals surface area contributed by atoms with Crippen molar-refractivity contribution in [3.8, 4) is 0 Å². The van der Waals surface area contributed by atoms with Crippen LogP contribution in [0, 0.1) is 0 Å². The van der Waals surface area contributed by atoms with Gasteiger partial charge in [0, 0.05) is 44.6 Å². The minimum absolute atomic E-state index is 0.121. The third-order valence-electron chi connectivity index (χ3n) is 5.32. The third-order valence-corrected chi connectivity index (χ3v) is 5.32. The van der Waals surface area contributed by atoms with Gasteiger partial charge < -0.3 is 14.5 Å². The van der Waals surface area contributed by atoms with Gasteiger partial charge in [-0.3, -0.25) is 9.20 Å². The summed E-state index contributed by atoms with van der Waals surface area (Å²) in [6.45, 7) is 7.74. The number of methoxy groups -OCH3 is 1. The molecule has 1 saturated heterocycles. The van der Waals surface area contributed by atoms with Gasteiger partial charge in [-0.25, -0.2) is 9.97 Å². The molecule has 0 spiro atoms. The molecule has 142 valence electrons. The van der Waals surface area contributed by atoms with E-state index in [0.717, 1.165) is 25.9 Å². The molecule has 0 aliphatic carbocycles. The monoisotopic (exact) mass is 359 g/mol. The minimum Gasteiger partial charge on any atom is -0.383 e. The molecule has 0 atom stereocenters. The lowest BCUT2D eigenvalue weighted by Gasteiger charge is -2.34. The Hall–Kier alpha value is -1.99. The number of nitrogens with zero attached hydrogens (tertiary/aromatic N) is 5. The zero-order chi connectivity index (χ0) is 18.7.